The zero-order valence-corrected chi connectivity index (χ0v) is 20.6. The third kappa shape index (κ3) is 9.17. The van der Waals surface area contributed by atoms with E-state index in [1.807, 2.05) is 56.3 Å². The van der Waals surface area contributed by atoms with Crippen LogP contribution in [0.15, 0.2) is 42.5 Å². The fourth-order valence-electron chi connectivity index (χ4n) is 2.89. The van der Waals surface area contributed by atoms with Crippen molar-refractivity contribution < 1.29 is 37.5 Å². The van der Waals surface area contributed by atoms with Crippen molar-refractivity contribution in [3.63, 3.8) is 0 Å². The van der Waals surface area contributed by atoms with Crippen LogP contribution in [0, 0.1) is 5.92 Å². The second kappa shape index (κ2) is 13.4. The molecule has 3 atom stereocenters. The minimum Gasteiger partial charge on any atom is -0.475 e. The first-order valence-corrected chi connectivity index (χ1v) is 11.1. The molecule has 0 aromatic heterocycles. The monoisotopic (exact) mass is 512 g/mol. The van der Waals surface area contributed by atoms with E-state index in [4.69, 9.17) is 9.90 Å². The number of hydrogen-bond acceptors (Lipinski definition) is 5. The third-order valence-corrected chi connectivity index (χ3v) is 5.12. The number of aliphatic carboxylic acids is 1. The highest BCUT2D eigenvalue weighted by Crippen LogP contribution is 2.23. The summed E-state index contributed by atoms with van der Waals surface area (Å²) in [4.78, 5) is 46.4. The number of carbonyl (C=O) groups is 4. The molecule has 0 fully saturated rings. The molecule has 0 aliphatic rings. The number of likely N-dealkylation sites (N-methyl/N-ethyl adjacent to an activating group) is 1. The molecule has 9 nitrogen and oxygen atoms in total. The SMILES string of the molecule is CN[C@@H](C)C(=O)N[C@H](C(=O)N[C@@H](C)C(=O)Nc1cccc2ccccc12)C(C)C.O=C(O)C(F)(F)F. The number of nitrogens with one attached hydrogen (secondary N) is 4. The normalized spacial score (nSPS) is 13.6. The van der Waals surface area contributed by atoms with Crippen LogP contribution in [0.4, 0.5) is 18.9 Å². The van der Waals surface area contributed by atoms with Crippen LogP contribution in [0.2, 0.25) is 0 Å². The first-order chi connectivity index (χ1) is 16.7. The fourth-order valence-corrected chi connectivity index (χ4v) is 2.89. The third-order valence-electron chi connectivity index (χ3n) is 5.12. The molecule has 0 radical (unpaired) electrons. The average molecular weight is 513 g/mol. The number of rotatable bonds is 8. The molecule has 0 unspecified atom stereocenters. The molecule has 5 N–H and O–H groups in total. The van der Waals surface area contributed by atoms with Crippen molar-refractivity contribution in [1.82, 2.24) is 16.0 Å². The molecule has 0 spiro atoms. The Morgan fingerprint density at radius 1 is 0.806 bits per heavy atom. The van der Waals surface area contributed by atoms with E-state index in [-0.39, 0.29) is 17.7 Å². The molecule has 0 aliphatic carbocycles. The molecular formula is C24H31F3N4O5. The van der Waals surface area contributed by atoms with Gasteiger partial charge >= 0.3 is 12.1 Å². The second-order valence-corrected chi connectivity index (χ2v) is 8.29. The van der Waals surface area contributed by atoms with Gasteiger partial charge in [0.2, 0.25) is 17.7 Å². The topological polar surface area (TPSA) is 137 Å². The van der Waals surface area contributed by atoms with E-state index in [2.05, 4.69) is 21.3 Å². The zero-order valence-electron chi connectivity index (χ0n) is 20.6. The lowest BCUT2D eigenvalue weighted by atomic mass is 10.0. The van der Waals surface area contributed by atoms with Gasteiger partial charge in [0.15, 0.2) is 0 Å². The average Bonchev–Trinajstić information content (AvgIpc) is 2.81. The number of anilines is 1. The van der Waals surface area contributed by atoms with Gasteiger partial charge in [-0.25, -0.2) is 4.79 Å². The van der Waals surface area contributed by atoms with Gasteiger partial charge in [0.1, 0.15) is 12.1 Å². The Bertz CT molecular complexity index is 1070. The van der Waals surface area contributed by atoms with Crippen LogP contribution in [-0.2, 0) is 19.2 Å². The van der Waals surface area contributed by atoms with E-state index in [0.717, 1.165) is 10.8 Å². The van der Waals surface area contributed by atoms with Gasteiger partial charge in [-0.1, -0.05) is 50.2 Å². The molecule has 0 bridgehead atoms. The van der Waals surface area contributed by atoms with Crippen molar-refractivity contribution in [2.45, 2.75) is 52.0 Å². The van der Waals surface area contributed by atoms with Crippen LogP contribution >= 0.6 is 0 Å². The lowest BCUT2D eigenvalue weighted by molar-refractivity contribution is -0.192. The molecular weight excluding hydrogens is 481 g/mol. The number of benzene rings is 2. The molecule has 3 amide bonds. The summed E-state index contributed by atoms with van der Waals surface area (Å²) >= 11 is 0. The van der Waals surface area contributed by atoms with Gasteiger partial charge in [0.05, 0.1) is 6.04 Å². The maximum Gasteiger partial charge on any atom is 0.490 e. The lowest BCUT2D eigenvalue weighted by Gasteiger charge is -2.25. The summed E-state index contributed by atoms with van der Waals surface area (Å²) in [5.41, 5.74) is 0.686. The van der Waals surface area contributed by atoms with Crippen molar-refractivity contribution in [3.8, 4) is 0 Å². The second-order valence-electron chi connectivity index (χ2n) is 8.29. The predicted octanol–water partition coefficient (Wildman–Crippen LogP) is 2.67. The van der Waals surface area contributed by atoms with Crippen LogP contribution in [0.1, 0.15) is 27.7 Å². The Morgan fingerprint density at radius 2 is 1.36 bits per heavy atom. The molecule has 12 heteroatoms. The van der Waals surface area contributed by atoms with E-state index in [0.29, 0.717) is 5.69 Å². The number of carboxylic acids is 1. The van der Waals surface area contributed by atoms with Crippen molar-refractivity contribution in [3.05, 3.63) is 42.5 Å². The molecule has 2 aromatic carbocycles. The Morgan fingerprint density at radius 3 is 1.89 bits per heavy atom. The number of amides is 3. The number of alkyl halides is 3. The van der Waals surface area contributed by atoms with Gasteiger partial charge in [0, 0.05) is 11.1 Å². The maximum absolute atomic E-state index is 12.7. The van der Waals surface area contributed by atoms with E-state index < -0.39 is 36.2 Å². The van der Waals surface area contributed by atoms with Gasteiger partial charge in [-0.15, -0.1) is 0 Å². The molecule has 0 aliphatic heterocycles. The molecule has 0 saturated heterocycles. The Hall–Kier alpha value is -3.67. The van der Waals surface area contributed by atoms with Crippen molar-refractivity contribution in [2.75, 3.05) is 12.4 Å². The molecule has 0 saturated carbocycles. The molecule has 0 heterocycles. The van der Waals surface area contributed by atoms with Crippen LogP contribution in [0.25, 0.3) is 10.8 Å². The largest absolute Gasteiger partial charge is 0.490 e. The number of hydrogen-bond donors (Lipinski definition) is 5. The predicted molar refractivity (Wildman–Crippen MR) is 129 cm³/mol. The Labute approximate surface area is 206 Å². The Balaban J connectivity index is 0.000000809. The summed E-state index contributed by atoms with van der Waals surface area (Å²) in [6.07, 6.45) is -5.08. The summed E-state index contributed by atoms with van der Waals surface area (Å²) in [5.74, 6) is -3.87. The van der Waals surface area contributed by atoms with E-state index >= 15 is 0 Å². The molecule has 36 heavy (non-hydrogen) atoms. The Kier molecular flexibility index (Phi) is 11.3. The number of fused-ring (bicyclic) bond motifs is 1. The molecule has 2 rings (SSSR count). The summed E-state index contributed by atoms with van der Waals surface area (Å²) < 4.78 is 31.7. The van der Waals surface area contributed by atoms with E-state index in [1.54, 1.807) is 20.9 Å². The zero-order chi connectivity index (χ0) is 27.6. The van der Waals surface area contributed by atoms with Gasteiger partial charge in [-0.2, -0.15) is 13.2 Å². The lowest BCUT2D eigenvalue weighted by Crippen LogP contribution is -2.56. The highest BCUT2D eigenvalue weighted by molar-refractivity contribution is 6.04. The van der Waals surface area contributed by atoms with Crippen LogP contribution in [0.5, 0.6) is 0 Å². The fraction of sp³-hybridized carbons (Fsp3) is 0.417. The smallest absolute Gasteiger partial charge is 0.475 e. The van der Waals surface area contributed by atoms with E-state index in [1.165, 1.54) is 0 Å². The van der Waals surface area contributed by atoms with Crippen LogP contribution in [-0.4, -0.2) is 60.1 Å². The number of carbonyl (C=O) groups excluding carboxylic acids is 3. The first kappa shape index (κ1) is 30.4. The van der Waals surface area contributed by atoms with Crippen LogP contribution < -0.4 is 21.3 Å². The van der Waals surface area contributed by atoms with Crippen LogP contribution in [0.3, 0.4) is 0 Å². The summed E-state index contributed by atoms with van der Waals surface area (Å²) in [6.45, 7) is 7.02. The van der Waals surface area contributed by atoms with Gasteiger partial charge in [-0.05, 0) is 38.3 Å². The first-order valence-electron chi connectivity index (χ1n) is 11.1. The van der Waals surface area contributed by atoms with Gasteiger partial charge < -0.3 is 26.4 Å². The maximum atomic E-state index is 12.7. The van der Waals surface area contributed by atoms with E-state index in [9.17, 15) is 27.6 Å². The highest BCUT2D eigenvalue weighted by Gasteiger charge is 2.38. The number of halogens is 3. The van der Waals surface area contributed by atoms with Crippen molar-refractivity contribution in [1.29, 1.82) is 0 Å². The summed E-state index contributed by atoms with van der Waals surface area (Å²) in [5, 5.41) is 20.2. The molecule has 2 aromatic rings. The van der Waals surface area contributed by atoms with Gasteiger partial charge in [0.25, 0.3) is 0 Å². The number of carboxylic acid groups (broad SMARTS) is 1. The summed E-state index contributed by atoms with van der Waals surface area (Å²) in [7, 11) is 1.67. The standard InChI is InChI=1S/C22H30N4O3.C2HF3O2/c1-13(2)19(26-20(27)14(3)23-5)22(29)24-15(4)21(28)25-18-12-8-10-16-9-6-7-11-17(16)18;3-2(4,5)1(6)7/h6-15,19,23H,1-5H3,(H,24,29)(H,25,28)(H,26,27);(H,6,7)/t14-,15-,19-;/m0./s1. The van der Waals surface area contributed by atoms with Crippen molar-refractivity contribution in [2.24, 2.45) is 5.92 Å². The molecule has 198 valence electrons. The quantitative estimate of drug-likeness (QED) is 0.369. The minimum atomic E-state index is -5.08. The van der Waals surface area contributed by atoms with Crippen molar-refractivity contribution >= 4 is 40.2 Å². The van der Waals surface area contributed by atoms with Gasteiger partial charge in [-0.3, -0.25) is 14.4 Å². The summed E-state index contributed by atoms with van der Waals surface area (Å²) in [6, 6.07) is 11.5. The highest BCUT2D eigenvalue weighted by atomic mass is 19.4. The minimum absolute atomic E-state index is 0.128.